The van der Waals surface area contributed by atoms with E-state index in [1.54, 1.807) is 11.0 Å². The number of thiophene rings is 1. The number of carbonyl (C=O) groups is 1. The molecule has 14 heteroatoms. The van der Waals surface area contributed by atoms with E-state index in [9.17, 15) is 14.4 Å². The van der Waals surface area contributed by atoms with Gasteiger partial charge in [0, 0.05) is 49.1 Å². The standard InChI is InChI=1S/C30H28ClF2N7O3S/c1-38(2)8-4-5-19(41)40-13-15(14-40)12-39-9-10-43-26-22-25(36-30(42-3)37-29(22)39)24(33)21(23(26)31)16-6-7-18(32)27-20(16)17(11-34)28(35)44-27/h4-7,15H,8-10,12-14,35H2,1-3H3/b5-4+. The van der Waals surface area contributed by atoms with Crippen LogP contribution in [0.4, 0.5) is 19.6 Å². The SMILES string of the molecule is COc1nc2c3c(c(Cl)c(-c4ccc(F)c5sc(N)c(C#N)c45)c(F)c3n1)OCCN2CC1CN(C(=O)/C=C/CN(C)C)C1. The number of nitrogens with two attached hydrogens (primary N) is 1. The topological polar surface area (TPSA) is 121 Å². The number of likely N-dealkylation sites (tertiary alicyclic amines) is 1. The third-order valence-corrected chi connectivity index (χ3v) is 9.10. The van der Waals surface area contributed by atoms with Crippen LogP contribution in [0.3, 0.4) is 0 Å². The van der Waals surface area contributed by atoms with Crippen LogP contribution in [0.5, 0.6) is 11.8 Å². The van der Waals surface area contributed by atoms with Gasteiger partial charge < -0.3 is 29.9 Å². The Morgan fingerprint density at radius 1 is 1.32 bits per heavy atom. The minimum Gasteiger partial charge on any atom is -0.489 e. The second-order valence-corrected chi connectivity index (χ2v) is 12.3. The number of rotatable bonds is 7. The maximum atomic E-state index is 16.7. The molecular weight excluding hydrogens is 612 g/mol. The monoisotopic (exact) mass is 639 g/mol. The lowest BCUT2D eigenvalue weighted by molar-refractivity contribution is -0.131. The fourth-order valence-corrected chi connectivity index (χ4v) is 6.91. The fourth-order valence-electron chi connectivity index (χ4n) is 5.62. The van der Waals surface area contributed by atoms with Gasteiger partial charge in [-0.15, -0.1) is 11.3 Å². The Morgan fingerprint density at radius 3 is 2.80 bits per heavy atom. The number of amides is 1. The lowest BCUT2D eigenvalue weighted by Crippen LogP contribution is -2.53. The highest BCUT2D eigenvalue weighted by Gasteiger charge is 2.35. The van der Waals surface area contributed by atoms with E-state index in [0.717, 1.165) is 11.3 Å². The first-order chi connectivity index (χ1) is 21.1. The number of ether oxygens (including phenoxy) is 2. The summed E-state index contributed by atoms with van der Waals surface area (Å²) in [4.78, 5) is 27.1. The number of hydrogen-bond donors (Lipinski definition) is 1. The van der Waals surface area contributed by atoms with Crippen LogP contribution in [0.2, 0.25) is 5.02 Å². The molecule has 0 saturated carbocycles. The predicted molar refractivity (Wildman–Crippen MR) is 166 cm³/mol. The van der Waals surface area contributed by atoms with Crippen molar-refractivity contribution in [2.24, 2.45) is 5.92 Å². The Bertz CT molecular complexity index is 1890. The predicted octanol–water partition coefficient (Wildman–Crippen LogP) is 4.68. The van der Waals surface area contributed by atoms with Crippen LogP contribution in [0, 0.1) is 28.9 Å². The zero-order valence-corrected chi connectivity index (χ0v) is 25.7. The van der Waals surface area contributed by atoms with Crippen LogP contribution in [0.1, 0.15) is 5.56 Å². The summed E-state index contributed by atoms with van der Waals surface area (Å²) in [7, 11) is 5.25. The average Bonchev–Trinajstić information content (AvgIpc) is 3.21. The first-order valence-corrected chi connectivity index (χ1v) is 15.0. The normalized spacial score (nSPS) is 15.1. The van der Waals surface area contributed by atoms with Gasteiger partial charge in [-0.05, 0) is 25.7 Å². The molecule has 2 aliphatic heterocycles. The molecule has 2 aromatic heterocycles. The van der Waals surface area contributed by atoms with Crippen molar-refractivity contribution < 1.29 is 23.0 Å². The van der Waals surface area contributed by atoms with Gasteiger partial charge >= 0.3 is 6.01 Å². The highest BCUT2D eigenvalue weighted by molar-refractivity contribution is 7.23. The lowest BCUT2D eigenvalue weighted by Gasteiger charge is -2.41. The maximum Gasteiger partial charge on any atom is 0.318 e. The number of nitriles is 1. The Kier molecular flexibility index (Phi) is 7.91. The van der Waals surface area contributed by atoms with E-state index in [1.165, 1.54) is 19.2 Å². The fraction of sp³-hybridized carbons (Fsp3) is 0.333. The van der Waals surface area contributed by atoms with Crippen molar-refractivity contribution in [2.75, 3.05) is 71.2 Å². The molecule has 44 heavy (non-hydrogen) atoms. The molecule has 0 unspecified atom stereocenters. The summed E-state index contributed by atoms with van der Waals surface area (Å²) in [5, 5.41) is 10.3. The Labute approximate surface area is 260 Å². The van der Waals surface area contributed by atoms with Gasteiger partial charge in [0.2, 0.25) is 5.91 Å². The summed E-state index contributed by atoms with van der Waals surface area (Å²) in [5.41, 5.74) is 6.07. The summed E-state index contributed by atoms with van der Waals surface area (Å²) in [6.07, 6.45) is 3.42. The van der Waals surface area contributed by atoms with Crippen LogP contribution in [-0.2, 0) is 4.79 Å². The summed E-state index contributed by atoms with van der Waals surface area (Å²) >= 11 is 7.81. The lowest BCUT2D eigenvalue weighted by atomic mass is 9.96. The second-order valence-electron chi connectivity index (χ2n) is 10.9. The van der Waals surface area contributed by atoms with E-state index in [4.69, 9.17) is 26.8 Å². The van der Waals surface area contributed by atoms with Gasteiger partial charge in [0.05, 0.1) is 34.3 Å². The van der Waals surface area contributed by atoms with Crippen molar-refractivity contribution in [1.82, 2.24) is 19.8 Å². The smallest absolute Gasteiger partial charge is 0.318 e. The molecule has 4 heterocycles. The van der Waals surface area contributed by atoms with Gasteiger partial charge in [0.25, 0.3) is 0 Å². The molecule has 2 aromatic carbocycles. The average molecular weight is 640 g/mol. The largest absolute Gasteiger partial charge is 0.489 e. The molecule has 0 aliphatic carbocycles. The van der Waals surface area contributed by atoms with Gasteiger partial charge in [0.15, 0.2) is 11.6 Å². The number of methoxy groups -OCH3 is 1. The molecule has 1 fully saturated rings. The molecule has 0 radical (unpaired) electrons. The van der Waals surface area contributed by atoms with Crippen LogP contribution in [-0.4, -0.2) is 86.2 Å². The van der Waals surface area contributed by atoms with Crippen LogP contribution >= 0.6 is 22.9 Å². The van der Waals surface area contributed by atoms with Crippen molar-refractivity contribution in [3.05, 3.63) is 46.5 Å². The number of carbonyl (C=O) groups excluding carboxylic acids is 1. The highest BCUT2D eigenvalue weighted by Crippen LogP contribution is 2.50. The van der Waals surface area contributed by atoms with Gasteiger partial charge in [0.1, 0.15) is 34.8 Å². The van der Waals surface area contributed by atoms with E-state index < -0.39 is 11.6 Å². The Hall–Kier alpha value is -4.25. The molecule has 6 rings (SSSR count). The number of fused-ring (bicyclic) bond motifs is 1. The van der Waals surface area contributed by atoms with E-state index in [1.807, 2.05) is 36.0 Å². The van der Waals surface area contributed by atoms with E-state index in [0.29, 0.717) is 38.5 Å². The van der Waals surface area contributed by atoms with Gasteiger partial charge in [-0.1, -0.05) is 23.7 Å². The van der Waals surface area contributed by atoms with Crippen molar-refractivity contribution in [3.8, 4) is 29.0 Å². The number of aromatic nitrogens is 2. The second kappa shape index (κ2) is 11.7. The molecule has 10 nitrogen and oxygen atoms in total. The maximum absolute atomic E-state index is 16.7. The Morgan fingerprint density at radius 2 is 2.09 bits per heavy atom. The minimum atomic E-state index is -0.798. The summed E-state index contributed by atoms with van der Waals surface area (Å²) < 4.78 is 43.0. The number of nitrogens with zero attached hydrogens (tertiary/aromatic N) is 6. The van der Waals surface area contributed by atoms with Crippen molar-refractivity contribution in [2.45, 2.75) is 0 Å². The zero-order valence-electron chi connectivity index (χ0n) is 24.2. The molecule has 0 atom stereocenters. The summed E-state index contributed by atoms with van der Waals surface area (Å²) in [6, 6.07) is 4.50. The molecule has 228 valence electrons. The minimum absolute atomic E-state index is 0.0372. The van der Waals surface area contributed by atoms with Crippen molar-refractivity contribution >= 4 is 60.7 Å². The number of benzene rings is 2. The molecule has 2 aliphatic rings. The van der Waals surface area contributed by atoms with E-state index >= 15 is 4.39 Å². The van der Waals surface area contributed by atoms with E-state index in [2.05, 4.69) is 9.97 Å². The summed E-state index contributed by atoms with van der Waals surface area (Å²) in [6.45, 7) is 2.96. The van der Waals surface area contributed by atoms with Gasteiger partial charge in [-0.2, -0.15) is 15.2 Å². The third-order valence-electron chi connectivity index (χ3n) is 7.71. The van der Waals surface area contributed by atoms with Crippen LogP contribution < -0.4 is 20.1 Å². The number of likely N-dealkylation sites (N-methyl/N-ethyl adjacent to an activating group) is 1. The number of nitrogen functional groups attached to an aromatic ring is 1. The van der Waals surface area contributed by atoms with Crippen LogP contribution in [0.25, 0.3) is 32.1 Å². The highest BCUT2D eigenvalue weighted by atomic mass is 35.5. The third kappa shape index (κ3) is 5.02. The Balaban J connectivity index is 1.41. The molecule has 4 aromatic rings. The quantitative estimate of drug-likeness (QED) is 0.287. The first-order valence-electron chi connectivity index (χ1n) is 13.8. The number of hydrogen-bond acceptors (Lipinski definition) is 10. The number of anilines is 2. The van der Waals surface area contributed by atoms with E-state index in [-0.39, 0.29) is 77.9 Å². The molecule has 0 spiro atoms. The number of halogens is 3. The summed E-state index contributed by atoms with van der Waals surface area (Å²) in [5.74, 6) is -0.705. The molecule has 0 bridgehead atoms. The van der Waals surface area contributed by atoms with Crippen molar-refractivity contribution in [1.29, 1.82) is 5.26 Å². The van der Waals surface area contributed by atoms with Gasteiger partial charge in [-0.3, -0.25) is 4.79 Å². The zero-order chi connectivity index (χ0) is 31.3. The first kappa shape index (κ1) is 29.8. The van der Waals surface area contributed by atoms with Crippen LogP contribution in [0.15, 0.2) is 24.3 Å². The molecule has 1 saturated heterocycles. The van der Waals surface area contributed by atoms with Crippen molar-refractivity contribution in [3.63, 3.8) is 0 Å². The van der Waals surface area contributed by atoms with Gasteiger partial charge in [-0.25, -0.2) is 8.78 Å². The molecular formula is C30H28ClF2N7O3S. The molecule has 1 amide bonds. The molecule has 2 N–H and O–H groups in total.